The summed E-state index contributed by atoms with van der Waals surface area (Å²) in [4.78, 5) is 15.5. The number of amides is 1. The van der Waals surface area contributed by atoms with Crippen LogP contribution >= 0.6 is 0 Å². The van der Waals surface area contributed by atoms with Crippen molar-refractivity contribution in [3.8, 4) is 0 Å². The second-order valence-electron chi connectivity index (χ2n) is 4.02. The third-order valence-electron chi connectivity index (χ3n) is 2.91. The van der Waals surface area contributed by atoms with Crippen molar-refractivity contribution >= 4 is 11.6 Å². The molecule has 0 N–H and O–H groups in total. The Bertz CT molecular complexity index is 376. The van der Waals surface area contributed by atoms with Gasteiger partial charge < -0.3 is 9.80 Å². The Morgan fingerprint density at radius 3 is 2.60 bits per heavy atom. The van der Waals surface area contributed by atoms with Crippen molar-refractivity contribution in [3.63, 3.8) is 0 Å². The van der Waals surface area contributed by atoms with Gasteiger partial charge in [-0.15, -0.1) is 0 Å². The molecule has 3 nitrogen and oxygen atoms in total. The van der Waals surface area contributed by atoms with Crippen LogP contribution in [0.3, 0.4) is 0 Å². The van der Waals surface area contributed by atoms with Crippen LogP contribution in [0.1, 0.15) is 5.56 Å². The SMILES string of the molecule is Cc1ccccc1N1CCN(C)C(=O)C1. The Balaban J connectivity index is 2.19. The number of benzene rings is 1. The zero-order valence-corrected chi connectivity index (χ0v) is 9.23. The molecule has 1 aromatic carbocycles. The van der Waals surface area contributed by atoms with Crippen molar-refractivity contribution in [1.82, 2.24) is 4.90 Å². The molecule has 0 bridgehead atoms. The van der Waals surface area contributed by atoms with Gasteiger partial charge in [-0.25, -0.2) is 0 Å². The van der Waals surface area contributed by atoms with E-state index in [2.05, 4.69) is 24.0 Å². The minimum absolute atomic E-state index is 0.199. The van der Waals surface area contributed by atoms with Crippen LogP contribution in [0.25, 0.3) is 0 Å². The molecule has 0 saturated carbocycles. The van der Waals surface area contributed by atoms with Gasteiger partial charge in [0.2, 0.25) is 5.91 Å². The molecule has 0 atom stereocenters. The lowest BCUT2D eigenvalue weighted by Gasteiger charge is -2.34. The van der Waals surface area contributed by atoms with Crippen molar-refractivity contribution in [2.24, 2.45) is 0 Å². The summed E-state index contributed by atoms with van der Waals surface area (Å²) in [7, 11) is 1.86. The molecule has 1 amide bonds. The van der Waals surface area contributed by atoms with Gasteiger partial charge in [0.25, 0.3) is 0 Å². The van der Waals surface area contributed by atoms with Crippen LogP contribution in [0.2, 0.25) is 0 Å². The fourth-order valence-electron chi connectivity index (χ4n) is 1.88. The van der Waals surface area contributed by atoms with Gasteiger partial charge in [0, 0.05) is 25.8 Å². The van der Waals surface area contributed by atoms with Crippen molar-refractivity contribution in [2.45, 2.75) is 6.92 Å². The normalized spacial score (nSPS) is 17.1. The number of carbonyl (C=O) groups excluding carboxylic acids is 1. The predicted octanol–water partition coefficient (Wildman–Crippen LogP) is 1.27. The van der Waals surface area contributed by atoms with Crippen LogP contribution in [0.15, 0.2) is 24.3 Å². The highest BCUT2D eigenvalue weighted by Gasteiger charge is 2.21. The molecule has 0 unspecified atom stereocenters. The van der Waals surface area contributed by atoms with Gasteiger partial charge in [0.05, 0.1) is 6.54 Å². The monoisotopic (exact) mass is 204 g/mol. The predicted molar refractivity (Wildman–Crippen MR) is 61.0 cm³/mol. The van der Waals surface area contributed by atoms with Gasteiger partial charge in [-0.3, -0.25) is 4.79 Å². The standard InChI is InChI=1S/C12H16N2O/c1-10-5-3-4-6-11(10)14-8-7-13(2)12(15)9-14/h3-6H,7-9H2,1-2H3. The highest BCUT2D eigenvalue weighted by Crippen LogP contribution is 2.20. The molecule has 3 heteroatoms. The van der Waals surface area contributed by atoms with Gasteiger partial charge in [0.1, 0.15) is 0 Å². The minimum Gasteiger partial charge on any atom is -0.360 e. The van der Waals surface area contributed by atoms with Crippen LogP contribution in [0, 0.1) is 6.92 Å². The third kappa shape index (κ3) is 1.96. The molecule has 0 aromatic heterocycles. The van der Waals surface area contributed by atoms with Crippen molar-refractivity contribution in [2.75, 3.05) is 31.6 Å². The van der Waals surface area contributed by atoms with E-state index in [1.807, 2.05) is 19.2 Å². The molecule has 15 heavy (non-hydrogen) atoms. The minimum atomic E-state index is 0.199. The first-order chi connectivity index (χ1) is 7.18. The molecule has 1 aromatic rings. The van der Waals surface area contributed by atoms with Gasteiger partial charge >= 0.3 is 0 Å². The van der Waals surface area contributed by atoms with E-state index < -0.39 is 0 Å². The smallest absolute Gasteiger partial charge is 0.241 e. The van der Waals surface area contributed by atoms with Crippen LogP contribution in [-0.2, 0) is 4.79 Å². The van der Waals surface area contributed by atoms with Gasteiger partial charge in [-0.1, -0.05) is 18.2 Å². The Labute approximate surface area is 90.3 Å². The molecule has 1 saturated heterocycles. The lowest BCUT2D eigenvalue weighted by Crippen LogP contribution is -2.48. The maximum Gasteiger partial charge on any atom is 0.241 e. The summed E-state index contributed by atoms with van der Waals surface area (Å²) in [5.74, 6) is 0.199. The second-order valence-corrected chi connectivity index (χ2v) is 4.02. The number of nitrogens with zero attached hydrogens (tertiary/aromatic N) is 2. The molecular formula is C12H16N2O. The lowest BCUT2D eigenvalue weighted by molar-refractivity contribution is -0.129. The molecule has 1 heterocycles. The summed E-state index contributed by atoms with van der Waals surface area (Å²) in [6.45, 7) is 4.32. The fraction of sp³-hybridized carbons (Fsp3) is 0.417. The van der Waals surface area contributed by atoms with Crippen molar-refractivity contribution in [3.05, 3.63) is 29.8 Å². The Morgan fingerprint density at radius 2 is 1.93 bits per heavy atom. The van der Waals surface area contributed by atoms with Gasteiger partial charge in [-0.2, -0.15) is 0 Å². The number of hydrogen-bond acceptors (Lipinski definition) is 2. The average molecular weight is 204 g/mol. The van der Waals surface area contributed by atoms with Crippen molar-refractivity contribution in [1.29, 1.82) is 0 Å². The number of piperazine rings is 1. The largest absolute Gasteiger partial charge is 0.360 e. The molecule has 1 aliphatic heterocycles. The average Bonchev–Trinajstić information content (AvgIpc) is 2.23. The van der Waals surface area contributed by atoms with Crippen LogP contribution in [0.4, 0.5) is 5.69 Å². The molecule has 1 aliphatic rings. The lowest BCUT2D eigenvalue weighted by atomic mass is 10.1. The number of likely N-dealkylation sites (N-methyl/N-ethyl adjacent to an activating group) is 1. The number of carbonyl (C=O) groups is 1. The number of anilines is 1. The highest BCUT2D eigenvalue weighted by atomic mass is 16.2. The van der Waals surface area contributed by atoms with E-state index in [0.29, 0.717) is 6.54 Å². The molecule has 0 spiro atoms. The molecule has 0 aliphatic carbocycles. The zero-order chi connectivity index (χ0) is 10.8. The summed E-state index contributed by atoms with van der Waals surface area (Å²) < 4.78 is 0. The van der Waals surface area contributed by atoms with E-state index in [0.717, 1.165) is 13.1 Å². The van der Waals surface area contributed by atoms with Crippen molar-refractivity contribution < 1.29 is 4.79 Å². The second kappa shape index (κ2) is 3.93. The van der Waals surface area contributed by atoms with E-state index in [1.54, 1.807) is 4.90 Å². The Morgan fingerprint density at radius 1 is 1.20 bits per heavy atom. The topological polar surface area (TPSA) is 23.6 Å². The van der Waals surface area contributed by atoms with Crippen LogP contribution in [-0.4, -0.2) is 37.5 Å². The summed E-state index contributed by atoms with van der Waals surface area (Å²) >= 11 is 0. The molecule has 1 fully saturated rings. The number of hydrogen-bond donors (Lipinski definition) is 0. The third-order valence-corrected chi connectivity index (χ3v) is 2.91. The fourth-order valence-corrected chi connectivity index (χ4v) is 1.88. The summed E-state index contributed by atoms with van der Waals surface area (Å²) in [6.07, 6.45) is 0. The van der Waals surface area contributed by atoms with E-state index >= 15 is 0 Å². The van der Waals surface area contributed by atoms with Gasteiger partial charge in [-0.05, 0) is 18.6 Å². The first-order valence-corrected chi connectivity index (χ1v) is 5.23. The highest BCUT2D eigenvalue weighted by molar-refractivity contribution is 5.82. The first-order valence-electron chi connectivity index (χ1n) is 5.23. The first kappa shape index (κ1) is 10.0. The Kier molecular flexibility index (Phi) is 2.62. The molecule has 80 valence electrons. The zero-order valence-electron chi connectivity index (χ0n) is 9.23. The maximum absolute atomic E-state index is 11.6. The number of para-hydroxylation sites is 1. The molecular weight excluding hydrogens is 188 g/mol. The van der Waals surface area contributed by atoms with E-state index in [4.69, 9.17) is 0 Å². The maximum atomic E-state index is 11.6. The Hall–Kier alpha value is -1.51. The number of aryl methyl sites for hydroxylation is 1. The summed E-state index contributed by atoms with van der Waals surface area (Å²) in [5, 5.41) is 0. The molecule has 0 radical (unpaired) electrons. The molecule has 2 rings (SSSR count). The van der Waals surface area contributed by atoms with Crippen LogP contribution < -0.4 is 4.90 Å². The van der Waals surface area contributed by atoms with E-state index in [-0.39, 0.29) is 5.91 Å². The summed E-state index contributed by atoms with van der Waals surface area (Å²) in [5.41, 5.74) is 2.41. The van der Waals surface area contributed by atoms with Gasteiger partial charge in [0.15, 0.2) is 0 Å². The van der Waals surface area contributed by atoms with Crippen LogP contribution in [0.5, 0.6) is 0 Å². The van der Waals surface area contributed by atoms with E-state index in [1.165, 1.54) is 11.3 Å². The van der Waals surface area contributed by atoms with E-state index in [9.17, 15) is 4.79 Å². The quantitative estimate of drug-likeness (QED) is 0.688. The number of rotatable bonds is 1. The summed E-state index contributed by atoms with van der Waals surface area (Å²) in [6, 6.07) is 8.20.